The van der Waals surface area contributed by atoms with E-state index in [1.807, 2.05) is 86.8 Å². The number of rotatable bonds is 12. The van der Waals surface area contributed by atoms with E-state index in [9.17, 15) is 9.59 Å². The van der Waals surface area contributed by atoms with E-state index in [0.29, 0.717) is 33.7 Å². The zero-order valence-electron chi connectivity index (χ0n) is 25.5. The predicted molar refractivity (Wildman–Crippen MR) is 188 cm³/mol. The molecule has 0 saturated carbocycles. The Hall–Kier alpha value is -5.00. The monoisotopic (exact) mass is 697 g/mol. The average Bonchev–Trinajstić information content (AvgIpc) is 3.51. The third kappa shape index (κ3) is 8.58. The highest BCUT2D eigenvalue weighted by atomic mass is 79.9. The smallest absolute Gasteiger partial charge is 0.271 e. The van der Waals surface area contributed by atoms with Crippen LogP contribution in [-0.2, 0) is 4.79 Å². The molecule has 46 heavy (non-hydrogen) atoms. The number of halogens is 1. The number of amides is 2. The Balaban J connectivity index is 1.17. The van der Waals surface area contributed by atoms with Crippen LogP contribution in [-0.4, -0.2) is 36.2 Å². The van der Waals surface area contributed by atoms with Gasteiger partial charge in [0.25, 0.3) is 11.8 Å². The second kappa shape index (κ2) is 15.3. The lowest BCUT2D eigenvalue weighted by Gasteiger charge is -2.15. The molecule has 0 aliphatic carbocycles. The Morgan fingerprint density at radius 3 is 2.48 bits per heavy atom. The number of ether oxygens (including phenoxy) is 2. The summed E-state index contributed by atoms with van der Waals surface area (Å²) >= 11 is 5.02. The van der Waals surface area contributed by atoms with E-state index in [-0.39, 0.29) is 18.4 Å². The van der Waals surface area contributed by atoms with Crippen molar-refractivity contribution in [1.29, 1.82) is 0 Å². The molecule has 1 aromatic heterocycles. The summed E-state index contributed by atoms with van der Waals surface area (Å²) in [6.07, 6.45) is 1.51. The Bertz CT molecular complexity index is 1860. The van der Waals surface area contributed by atoms with Crippen molar-refractivity contribution in [2.75, 3.05) is 23.8 Å². The van der Waals surface area contributed by atoms with Crippen LogP contribution in [0.4, 0.5) is 16.5 Å². The van der Waals surface area contributed by atoms with E-state index < -0.39 is 0 Å². The minimum Gasteiger partial charge on any atom is -0.490 e. The maximum Gasteiger partial charge on any atom is 0.271 e. The highest BCUT2D eigenvalue weighted by molar-refractivity contribution is 9.10. The average molecular weight is 699 g/mol. The summed E-state index contributed by atoms with van der Waals surface area (Å²) in [6, 6.07) is 26.3. The molecule has 0 unspecified atom stereocenters. The molecule has 0 spiro atoms. The normalized spacial score (nSPS) is 10.9. The standard InChI is InChI=1S/C35H32BrN5O4S/c1-4-44-31-18-24(17-28(36)33(31)45-20-32(42)39-29-8-6-5-7-23(29)3)19-37-41-34(43)26-13-11-25(12-14-26)30-21-46-35(40-30)38-27-15-9-22(2)10-16-27/h5-19,21H,4,20H2,1-3H3,(H,38,40)(H,39,42)(H,41,43)/b37-19+. The molecular formula is C35H32BrN5O4S. The van der Waals surface area contributed by atoms with Crippen LogP contribution in [0.25, 0.3) is 11.3 Å². The first kappa shape index (κ1) is 32.4. The molecule has 5 rings (SSSR count). The third-order valence-corrected chi connectivity index (χ3v) is 8.07. The Labute approximate surface area is 279 Å². The molecule has 0 aliphatic rings. The summed E-state index contributed by atoms with van der Waals surface area (Å²) in [5.74, 6) is 0.174. The second-order valence-corrected chi connectivity index (χ2v) is 11.9. The maximum atomic E-state index is 12.8. The van der Waals surface area contributed by atoms with Crippen LogP contribution in [0.1, 0.15) is 34.0 Å². The van der Waals surface area contributed by atoms with Crippen LogP contribution in [0.2, 0.25) is 0 Å². The van der Waals surface area contributed by atoms with Gasteiger partial charge in [-0.15, -0.1) is 11.3 Å². The topological polar surface area (TPSA) is 114 Å². The molecule has 3 N–H and O–H groups in total. The van der Waals surface area contributed by atoms with Crippen molar-refractivity contribution in [1.82, 2.24) is 10.4 Å². The molecule has 0 atom stereocenters. The lowest BCUT2D eigenvalue weighted by molar-refractivity contribution is -0.118. The molecule has 234 valence electrons. The fourth-order valence-electron chi connectivity index (χ4n) is 4.35. The van der Waals surface area contributed by atoms with Gasteiger partial charge in [-0.05, 0) is 90.3 Å². The van der Waals surface area contributed by atoms with E-state index in [2.05, 4.69) is 42.1 Å². The molecule has 2 amide bonds. The van der Waals surface area contributed by atoms with Gasteiger partial charge in [0.05, 0.1) is 23.0 Å². The van der Waals surface area contributed by atoms with E-state index in [1.54, 1.807) is 24.3 Å². The number of carbonyl (C=O) groups excluding carboxylic acids is 2. The van der Waals surface area contributed by atoms with Gasteiger partial charge in [-0.25, -0.2) is 10.4 Å². The second-order valence-electron chi connectivity index (χ2n) is 10.2. The lowest BCUT2D eigenvalue weighted by atomic mass is 10.1. The first-order chi connectivity index (χ1) is 22.3. The molecule has 0 saturated heterocycles. The van der Waals surface area contributed by atoms with Crippen LogP contribution in [0.15, 0.2) is 99.9 Å². The number of hydrogen-bond donors (Lipinski definition) is 3. The number of anilines is 3. The van der Waals surface area contributed by atoms with Gasteiger partial charge in [0.15, 0.2) is 23.2 Å². The summed E-state index contributed by atoms with van der Waals surface area (Å²) in [4.78, 5) is 29.9. The van der Waals surface area contributed by atoms with Crippen molar-refractivity contribution in [3.05, 3.63) is 117 Å². The minimum atomic E-state index is -0.355. The van der Waals surface area contributed by atoms with Crippen molar-refractivity contribution < 1.29 is 19.1 Å². The van der Waals surface area contributed by atoms with Gasteiger partial charge in [0.2, 0.25) is 0 Å². The first-order valence-corrected chi connectivity index (χ1v) is 16.1. The number of nitrogens with one attached hydrogen (secondary N) is 3. The van der Waals surface area contributed by atoms with Gasteiger partial charge >= 0.3 is 0 Å². The number of carbonyl (C=O) groups is 2. The molecule has 4 aromatic carbocycles. The maximum absolute atomic E-state index is 12.8. The zero-order valence-corrected chi connectivity index (χ0v) is 27.9. The summed E-state index contributed by atoms with van der Waals surface area (Å²) in [6.45, 7) is 6.00. The number of hydrazone groups is 1. The summed E-state index contributed by atoms with van der Waals surface area (Å²) in [7, 11) is 0. The number of benzene rings is 4. The molecule has 5 aromatic rings. The highest BCUT2D eigenvalue weighted by Gasteiger charge is 2.15. The van der Waals surface area contributed by atoms with Crippen molar-refractivity contribution in [3.63, 3.8) is 0 Å². The fourth-order valence-corrected chi connectivity index (χ4v) is 5.66. The molecule has 0 fully saturated rings. The van der Waals surface area contributed by atoms with E-state index >= 15 is 0 Å². The van der Waals surface area contributed by atoms with Crippen LogP contribution >= 0.6 is 27.3 Å². The van der Waals surface area contributed by atoms with Gasteiger partial charge in [-0.1, -0.05) is 48.0 Å². The zero-order chi connectivity index (χ0) is 32.5. The van der Waals surface area contributed by atoms with Crippen molar-refractivity contribution in [2.45, 2.75) is 20.8 Å². The Morgan fingerprint density at radius 1 is 0.978 bits per heavy atom. The number of thiazole rings is 1. The SMILES string of the molecule is CCOc1cc(/C=N/NC(=O)c2ccc(-c3csc(Nc4ccc(C)cc4)n3)cc2)cc(Br)c1OCC(=O)Nc1ccccc1C. The van der Waals surface area contributed by atoms with Gasteiger partial charge in [-0.3, -0.25) is 9.59 Å². The van der Waals surface area contributed by atoms with Gasteiger partial charge < -0.3 is 20.1 Å². The van der Waals surface area contributed by atoms with E-state index in [4.69, 9.17) is 9.47 Å². The van der Waals surface area contributed by atoms with Crippen LogP contribution < -0.4 is 25.5 Å². The van der Waals surface area contributed by atoms with Crippen molar-refractivity contribution in [2.24, 2.45) is 5.10 Å². The van der Waals surface area contributed by atoms with Crippen LogP contribution in [0.5, 0.6) is 11.5 Å². The molecule has 9 nitrogen and oxygen atoms in total. The van der Waals surface area contributed by atoms with Gasteiger partial charge in [-0.2, -0.15) is 5.10 Å². The summed E-state index contributed by atoms with van der Waals surface area (Å²) in [5.41, 5.74) is 9.24. The molecule has 1 heterocycles. The van der Waals surface area contributed by atoms with Crippen molar-refractivity contribution >= 4 is 61.8 Å². The Morgan fingerprint density at radius 2 is 1.74 bits per heavy atom. The first-order valence-electron chi connectivity index (χ1n) is 14.5. The molecule has 0 bridgehead atoms. The highest BCUT2D eigenvalue weighted by Crippen LogP contribution is 2.36. The van der Waals surface area contributed by atoms with E-state index in [0.717, 1.165) is 33.3 Å². The van der Waals surface area contributed by atoms with Gasteiger partial charge in [0, 0.05) is 27.9 Å². The third-order valence-electron chi connectivity index (χ3n) is 6.73. The van der Waals surface area contributed by atoms with Gasteiger partial charge in [0.1, 0.15) is 0 Å². The van der Waals surface area contributed by atoms with Crippen LogP contribution in [0, 0.1) is 13.8 Å². The summed E-state index contributed by atoms with van der Waals surface area (Å²) < 4.78 is 12.2. The van der Waals surface area contributed by atoms with Crippen molar-refractivity contribution in [3.8, 4) is 22.8 Å². The summed E-state index contributed by atoms with van der Waals surface area (Å²) in [5, 5.41) is 13.1. The Kier molecular flexibility index (Phi) is 10.8. The number of aromatic nitrogens is 1. The lowest BCUT2D eigenvalue weighted by Crippen LogP contribution is -2.21. The molecule has 11 heteroatoms. The quantitative estimate of drug-likeness (QED) is 0.0897. The molecule has 0 aliphatic heterocycles. The predicted octanol–water partition coefficient (Wildman–Crippen LogP) is 8.11. The largest absolute Gasteiger partial charge is 0.490 e. The minimum absolute atomic E-state index is 0.205. The number of aryl methyl sites for hydroxylation is 2. The fraction of sp³-hybridized carbons (Fsp3) is 0.143. The van der Waals surface area contributed by atoms with E-state index in [1.165, 1.54) is 23.1 Å². The number of hydrogen-bond acceptors (Lipinski definition) is 8. The number of para-hydroxylation sites is 1. The molecule has 0 radical (unpaired) electrons. The number of nitrogens with zero attached hydrogens (tertiary/aromatic N) is 2. The molecular weight excluding hydrogens is 666 g/mol. The van der Waals surface area contributed by atoms with Crippen LogP contribution in [0.3, 0.4) is 0 Å².